The van der Waals surface area contributed by atoms with Gasteiger partial charge in [-0.3, -0.25) is 0 Å². The van der Waals surface area contributed by atoms with Crippen LogP contribution >= 0.6 is 0 Å². The summed E-state index contributed by atoms with van der Waals surface area (Å²) in [4.78, 5) is 3.88. The maximum absolute atomic E-state index is 9.27. The molecule has 0 aliphatic rings. The van der Waals surface area contributed by atoms with Gasteiger partial charge in [-0.25, -0.2) is 4.98 Å². The van der Waals surface area contributed by atoms with E-state index in [4.69, 9.17) is 5.26 Å². The van der Waals surface area contributed by atoms with Crippen LogP contribution in [0.3, 0.4) is 0 Å². The van der Waals surface area contributed by atoms with Gasteiger partial charge >= 0.3 is 0 Å². The molecule has 0 fully saturated rings. The van der Waals surface area contributed by atoms with Gasteiger partial charge in [0, 0.05) is 12.7 Å². The van der Waals surface area contributed by atoms with Crippen molar-refractivity contribution in [3.8, 4) is 6.07 Å². The summed E-state index contributed by atoms with van der Waals surface area (Å²) in [5, 5.41) is 30.4. The van der Waals surface area contributed by atoms with Crippen LogP contribution in [0.2, 0.25) is 0 Å². The fourth-order valence-corrected chi connectivity index (χ4v) is 1.45. The molecule has 1 rings (SSSR count). The van der Waals surface area contributed by atoms with Gasteiger partial charge < -0.3 is 15.5 Å². The average molecular weight is 235 g/mol. The molecule has 0 atom stereocenters. The lowest BCUT2D eigenvalue weighted by Crippen LogP contribution is -2.50. The Bertz CT molecular complexity index is 389. The Hall–Kier alpha value is -1.48. The normalized spacial score (nSPS) is 11.2. The number of aromatic nitrogens is 1. The molecule has 3 N–H and O–H groups in total. The molecule has 92 valence electrons. The van der Waals surface area contributed by atoms with Crippen molar-refractivity contribution in [3.05, 3.63) is 29.6 Å². The van der Waals surface area contributed by atoms with Crippen molar-refractivity contribution in [2.24, 2.45) is 0 Å². The Morgan fingerprint density at radius 3 is 2.71 bits per heavy atom. The number of nitriles is 1. The summed E-state index contributed by atoms with van der Waals surface area (Å²) in [5.41, 5.74) is 0.589. The average Bonchev–Trinajstić information content (AvgIpc) is 2.41. The predicted octanol–water partition coefficient (Wildman–Crippen LogP) is 0.176. The molecular formula is C12H17N3O2. The zero-order valence-corrected chi connectivity index (χ0v) is 9.85. The zero-order valence-electron chi connectivity index (χ0n) is 9.85. The summed E-state index contributed by atoms with van der Waals surface area (Å²) < 4.78 is 0. The molecular weight excluding hydrogens is 218 g/mol. The molecule has 0 unspecified atom stereocenters. The number of aliphatic hydroxyl groups is 2. The maximum Gasteiger partial charge on any atom is 0.140 e. The summed E-state index contributed by atoms with van der Waals surface area (Å²) in [6, 6.07) is 5.45. The second kappa shape index (κ2) is 6.30. The van der Waals surface area contributed by atoms with Crippen molar-refractivity contribution in [2.45, 2.75) is 25.4 Å². The first kappa shape index (κ1) is 13.6. The Morgan fingerprint density at radius 2 is 2.18 bits per heavy atom. The molecule has 5 nitrogen and oxygen atoms in total. The van der Waals surface area contributed by atoms with E-state index in [9.17, 15) is 10.2 Å². The standard InChI is InChI=1S/C12H17N3O2/c1-2-12(8-16,9-17)15-7-10-3-4-14-11(5-10)6-13/h3-5,15-17H,2,7-9H2,1H3. The monoisotopic (exact) mass is 235 g/mol. The lowest BCUT2D eigenvalue weighted by molar-refractivity contribution is 0.0864. The number of pyridine rings is 1. The van der Waals surface area contributed by atoms with Crippen LogP contribution in [-0.2, 0) is 6.54 Å². The van der Waals surface area contributed by atoms with E-state index >= 15 is 0 Å². The van der Waals surface area contributed by atoms with Gasteiger partial charge in [-0.15, -0.1) is 0 Å². The van der Waals surface area contributed by atoms with E-state index in [-0.39, 0.29) is 13.2 Å². The third-order valence-electron chi connectivity index (χ3n) is 2.89. The summed E-state index contributed by atoms with van der Waals surface area (Å²) in [5.74, 6) is 0. The lowest BCUT2D eigenvalue weighted by atomic mass is 9.98. The Kier molecular flexibility index (Phi) is 5.04. The van der Waals surface area contributed by atoms with Crippen molar-refractivity contribution in [1.82, 2.24) is 10.3 Å². The SMILES string of the molecule is CCC(CO)(CO)NCc1ccnc(C#N)c1. The van der Waals surface area contributed by atoms with Crippen LogP contribution in [0.15, 0.2) is 18.3 Å². The van der Waals surface area contributed by atoms with E-state index in [1.165, 1.54) is 0 Å². The second-order valence-corrected chi connectivity index (χ2v) is 3.96. The van der Waals surface area contributed by atoms with Crippen molar-refractivity contribution in [1.29, 1.82) is 5.26 Å². The predicted molar refractivity (Wildman–Crippen MR) is 63.0 cm³/mol. The van der Waals surface area contributed by atoms with E-state index in [2.05, 4.69) is 10.3 Å². The highest BCUT2D eigenvalue weighted by molar-refractivity contribution is 5.25. The maximum atomic E-state index is 9.27. The van der Waals surface area contributed by atoms with Gasteiger partial charge in [-0.1, -0.05) is 6.92 Å². The third kappa shape index (κ3) is 3.49. The Labute approximate surface area is 101 Å². The molecule has 0 aromatic carbocycles. The molecule has 0 radical (unpaired) electrons. The highest BCUT2D eigenvalue weighted by Crippen LogP contribution is 2.10. The van der Waals surface area contributed by atoms with Gasteiger partial charge in [0.2, 0.25) is 0 Å². The molecule has 1 aromatic heterocycles. The van der Waals surface area contributed by atoms with Gasteiger partial charge in [0.1, 0.15) is 11.8 Å². The topological polar surface area (TPSA) is 89.2 Å². The fraction of sp³-hybridized carbons (Fsp3) is 0.500. The summed E-state index contributed by atoms with van der Waals surface area (Å²) in [6.45, 7) is 2.12. The first-order valence-electron chi connectivity index (χ1n) is 5.51. The van der Waals surface area contributed by atoms with Gasteiger partial charge in [0.25, 0.3) is 0 Å². The van der Waals surface area contributed by atoms with E-state index in [1.807, 2.05) is 13.0 Å². The molecule has 5 heteroatoms. The zero-order chi connectivity index (χ0) is 12.7. The third-order valence-corrected chi connectivity index (χ3v) is 2.89. The van der Waals surface area contributed by atoms with Crippen LogP contribution < -0.4 is 5.32 Å². The van der Waals surface area contributed by atoms with Crippen LogP contribution in [0.25, 0.3) is 0 Å². The summed E-state index contributed by atoms with van der Waals surface area (Å²) in [7, 11) is 0. The minimum atomic E-state index is -0.671. The van der Waals surface area contributed by atoms with Crippen LogP contribution in [0.4, 0.5) is 0 Å². The summed E-state index contributed by atoms with van der Waals surface area (Å²) >= 11 is 0. The highest BCUT2D eigenvalue weighted by Gasteiger charge is 2.25. The van der Waals surface area contributed by atoms with Crippen LogP contribution in [0.1, 0.15) is 24.6 Å². The molecule has 1 heterocycles. The molecule has 0 saturated carbocycles. The van der Waals surface area contributed by atoms with Gasteiger partial charge in [0.05, 0.1) is 18.8 Å². The molecule has 0 bridgehead atoms. The van der Waals surface area contributed by atoms with Crippen molar-refractivity contribution < 1.29 is 10.2 Å². The number of hydrogen-bond donors (Lipinski definition) is 3. The number of rotatable bonds is 6. The lowest BCUT2D eigenvalue weighted by Gasteiger charge is -2.29. The van der Waals surface area contributed by atoms with E-state index in [0.29, 0.717) is 18.7 Å². The highest BCUT2D eigenvalue weighted by atomic mass is 16.3. The molecule has 0 aliphatic heterocycles. The van der Waals surface area contributed by atoms with Gasteiger partial charge in [-0.05, 0) is 24.1 Å². The quantitative estimate of drug-likeness (QED) is 0.654. The van der Waals surface area contributed by atoms with Crippen LogP contribution in [-0.4, -0.2) is 33.9 Å². The minimum absolute atomic E-state index is 0.129. The second-order valence-electron chi connectivity index (χ2n) is 3.96. The number of hydrogen-bond acceptors (Lipinski definition) is 5. The molecule has 1 aromatic rings. The largest absolute Gasteiger partial charge is 0.394 e. The van der Waals surface area contributed by atoms with Gasteiger partial charge in [-0.2, -0.15) is 5.26 Å². The van der Waals surface area contributed by atoms with E-state index in [1.54, 1.807) is 18.3 Å². The van der Waals surface area contributed by atoms with Gasteiger partial charge in [0.15, 0.2) is 0 Å². The Morgan fingerprint density at radius 1 is 1.47 bits per heavy atom. The summed E-state index contributed by atoms with van der Waals surface area (Å²) in [6.07, 6.45) is 2.19. The minimum Gasteiger partial charge on any atom is -0.394 e. The smallest absolute Gasteiger partial charge is 0.140 e. The van der Waals surface area contributed by atoms with Crippen molar-refractivity contribution in [3.63, 3.8) is 0 Å². The molecule has 17 heavy (non-hydrogen) atoms. The Balaban J connectivity index is 2.69. The van der Waals surface area contributed by atoms with Crippen LogP contribution in [0.5, 0.6) is 0 Å². The van der Waals surface area contributed by atoms with E-state index < -0.39 is 5.54 Å². The van der Waals surface area contributed by atoms with Crippen molar-refractivity contribution in [2.75, 3.05) is 13.2 Å². The first-order chi connectivity index (χ1) is 8.19. The number of nitrogens with zero attached hydrogens (tertiary/aromatic N) is 2. The van der Waals surface area contributed by atoms with E-state index in [0.717, 1.165) is 5.56 Å². The molecule has 0 spiro atoms. The number of aliphatic hydroxyl groups excluding tert-OH is 2. The van der Waals surface area contributed by atoms with Crippen LogP contribution in [0, 0.1) is 11.3 Å². The van der Waals surface area contributed by atoms with Crippen molar-refractivity contribution >= 4 is 0 Å². The number of nitrogens with one attached hydrogen (secondary N) is 1. The molecule has 0 amide bonds. The first-order valence-corrected chi connectivity index (χ1v) is 5.51. The fourth-order valence-electron chi connectivity index (χ4n) is 1.45. The molecule has 0 saturated heterocycles. The molecule has 0 aliphatic carbocycles.